The molecule has 0 aromatic carbocycles. The lowest BCUT2D eigenvalue weighted by Crippen LogP contribution is -2.39. The Balaban J connectivity index is 2.06. The molecule has 11 heavy (non-hydrogen) atoms. The van der Waals surface area contributed by atoms with E-state index in [2.05, 4.69) is 0 Å². The molecule has 0 aromatic heterocycles. The van der Waals surface area contributed by atoms with Crippen LogP contribution in [-0.2, 0) is 0 Å². The van der Waals surface area contributed by atoms with Gasteiger partial charge in [0.1, 0.15) is 0 Å². The van der Waals surface area contributed by atoms with E-state index in [1.54, 1.807) is 0 Å². The Bertz CT molecular complexity index is 194. The van der Waals surface area contributed by atoms with Gasteiger partial charge in [-0.15, -0.1) is 0 Å². The molecule has 2 N–H and O–H groups in total. The molecule has 1 saturated carbocycles. The number of amides is 1. The van der Waals surface area contributed by atoms with Crippen molar-refractivity contribution in [2.75, 3.05) is 13.2 Å². The molecule has 1 heterocycles. The van der Waals surface area contributed by atoms with E-state index in [4.69, 9.17) is 10.2 Å². The number of carboxylic acid groups (broad SMARTS) is 1. The van der Waals surface area contributed by atoms with Crippen LogP contribution in [0.5, 0.6) is 0 Å². The highest BCUT2D eigenvalue weighted by Crippen LogP contribution is 2.49. The highest BCUT2D eigenvalue weighted by atomic mass is 16.4. The van der Waals surface area contributed by atoms with E-state index < -0.39 is 6.09 Å². The van der Waals surface area contributed by atoms with Crippen molar-refractivity contribution in [1.82, 2.24) is 4.90 Å². The van der Waals surface area contributed by atoms with Gasteiger partial charge < -0.3 is 15.1 Å². The highest BCUT2D eigenvalue weighted by Gasteiger charge is 2.53. The molecule has 2 rings (SSSR count). The number of nitrogens with zero attached hydrogens (tertiary/aromatic N) is 1. The van der Waals surface area contributed by atoms with Crippen molar-refractivity contribution in [3.8, 4) is 0 Å². The van der Waals surface area contributed by atoms with Gasteiger partial charge in [-0.1, -0.05) is 0 Å². The first kappa shape index (κ1) is 6.91. The lowest BCUT2D eigenvalue weighted by atomic mass is 10.2. The maximum atomic E-state index is 10.6. The molecule has 2 fully saturated rings. The molecule has 62 valence electrons. The van der Waals surface area contributed by atoms with Crippen LogP contribution in [0.3, 0.4) is 0 Å². The van der Waals surface area contributed by atoms with Crippen LogP contribution in [0.4, 0.5) is 4.79 Å². The van der Waals surface area contributed by atoms with E-state index in [-0.39, 0.29) is 12.6 Å². The SMILES string of the molecule is O=C(O)N1C[C@H]2C[C@H]2[C@H]1CO. The Labute approximate surface area is 64.4 Å². The fourth-order valence-electron chi connectivity index (χ4n) is 2.03. The molecule has 1 saturated heterocycles. The van der Waals surface area contributed by atoms with Gasteiger partial charge in [0.25, 0.3) is 0 Å². The van der Waals surface area contributed by atoms with Crippen molar-refractivity contribution >= 4 is 6.09 Å². The van der Waals surface area contributed by atoms with E-state index in [9.17, 15) is 4.79 Å². The summed E-state index contributed by atoms with van der Waals surface area (Å²) in [6.07, 6.45) is 0.214. The minimum Gasteiger partial charge on any atom is -0.465 e. The molecular weight excluding hydrogens is 146 g/mol. The van der Waals surface area contributed by atoms with Gasteiger partial charge in [-0.2, -0.15) is 0 Å². The second-order valence-electron chi connectivity index (χ2n) is 3.34. The smallest absolute Gasteiger partial charge is 0.407 e. The van der Waals surface area contributed by atoms with Crippen LogP contribution >= 0.6 is 0 Å². The third kappa shape index (κ3) is 0.894. The number of carbonyl (C=O) groups is 1. The quantitative estimate of drug-likeness (QED) is 0.562. The second kappa shape index (κ2) is 2.11. The molecule has 0 unspecified atom stereocenters. The number of aliphatic hydroxyl groups excluding tert-OH is 1. The predicted molar refractivity (Wildman–Crippen MR) is 37.2 cm³/mol. The monoisotopic (exact) mass is 157 g/mol. The summed E-state index contributed by atoms with van der Waals surface area (Å²) in [4.78, 5) is 11.9. The zero-order valence-corrected chi connectivity index (χ0v) is 6.10. The number of piperidine rings is 1. The maximum absolute atomic E-state index is 10.6. The minimum absolute atomic E-state index is 0.0204. The molecule has 3 atom stereocenters. The van der Waals surface area contributed by atoms with Gasteiger partial charge in [-0.3, -0.25) is 0 Å². The summed E-state index contributed by atoms with van der Waals surface area (Å²) in [7, 11) is 0. The first-order valence-corrected chi connectivity index (χ1v) is 3.84. The summed E-state index contributed by atoms with van der Waals surface area (Å²) >= 11 is 0. The summed E-state index contributed by atoms with van der Waals surface area (Å²) in [5, 5.41) is 17.5. The summed E-state index contributed by atoms with van der Waals surface area (Å²) in [6, 6.07) is -0.113. The fourth-order valence-corrected chi connectivity index (χ4v) is 2.03. The van der Waals surface area contributed by atoms with Gasteiger partial charge in [0, 0.05) is 6.54 Å². The zero-order chi connectivity index (χ0) is 8.01. The molecule has 4 heteroatoms. The van der Waals surface area contributed by atoms with Gasteiger partial charge >= 0.3 is 6.09 Å². The zero-order valence-electron chi connectivity index (χ0n) is 6.10. The van der Waals surface area contributed by atoms with E-state index >= 15 is 0 Å². The molecule has 0 aromatic rings. The van der Waals surface area contributed by atoms with Crippen LogP contribution in [0.1, 0.15) is 6.42 Å². The van der Waals surface area contributed by atoms with Crippen LogP contribution < -0.4 is 0 Å². The Morgan fingerprint density at radius 1 is 1.64 bits per heavy atom. The third-order valence-corrected chi connectivity index (χ3v) is 2.74. The fraction of sp³-hybridized carbons (Fsp3) is 0.857. The molecule has 0 bridgehead atoms. The molecule has 1 amide bonds. The lowest BCUT2D eigenvalue weighted by Gasteiger charge is -2.22. The number of fused-ring (bicyclic) bond motifs is 1. The molecule has 0 spiro atoms. The van der Waals surface area contributed by atoms with Gasteiger partial charge in [-0.05, 0) is 18.3 Å². The first-order valence-electron chi connectivity index (χ1n) is 3.84. The first-order chi connectivity index (χ1) is 5.24. The van der Waals surface area contributed by atoms with Crippen LogP contribution in [0.25, 0.3) is 0 Å². The predicted octanol–water partition coefficient (Wildman–Crippen LogP) is -0.0230. The maximum Gasteiger partial charge on any atom is 0.407 e. The largest absolute Gasteiger partial charge is 0.465 e. The minimum atomic E-state index is -0.892. The highest BCUT2D eigenvalue weighted by molar-refractivity contribution is 5.66. The average molecular weight is 157 g/mol. The van der Waals surface area contributed by atoms with Crippen molar-refractivity contribution < 1.29 is 15.0 Å². The van der Waals surface area contributed by atoms with Crippen LogP contribution in [0, 0.1) is 11.8 Å². The number of aliphatic hydroxyl groups is 1. The Kier molecular flexibility index (Phi) is 1.32. The standard InChI is InChI=1S/C7H11NO3/c9-3-6-5-1-4(5)2-8(6)7(10)11/h4-6,9H,1-3H2,(H,10,11)/t4-,5-,6-/m1/s1. The van der Waals surface area contributed by atoms with E-state index in [1.165, 1.54) is 4.90 Å². The van der Waals surface area contributed by atoms with Crippen molar-refractivity contribution in [2.45, 2.75) is 12.5 Å². The Hall–Kier alpha value is -0.770. The van der Waals surface area contributed by atoms with E-state index in [0.29, 0.717) is 18.4 Å². The van der Waals surface area contributed by atoms with Crippen LogP contribution in [0.2, 0.25) is 0 Å². The van der Waals surface area contributed by atoms with Gasteiger partial charge in [-0.25, -0.2) is 4.79 Å². The van der Waals surface area contributed by atoms with Gasteiger partial charge in [0.2, 0.25) is 0 Å². The summed E-state index contributed by atoms with van der Waals surface area (Å²) in [5.74, 6) is 0.999. The number of hydrogen-bond donors (Lipinski definition) is 2. The van der Waals surface area contributed by atoms with Crippen molar-refractivity contribution in [3.63, 3.8) is 0 Å². The summed E-state index contributed by atoms with van der Waals surface area (Å²) < 4.78 is 0. The van der Waals surface area contributed by atoms with E-state index in [0.717, 1.165) is 6.42 Å². The lowest BCUT2D eigenvalue weighted by molar-refractivity contribution is 0.106. The second-order valence-corrected chi connectivity index (χ2v) is 3.34. The van der Waals surface area contributed by atoms with E-state index in [1.807, 2.05) is 0 Å². The Morgan fingerprint density at radius 2 is 2.36 bits per heavy atom. The van der Waals surface area contributed by atoms with Crippen LogP contribution in [-0.4, -0.2) is 40.4 Å². The van der Waals surface area contributed by atoms with Crippen molar-refractivity contribution in [2.24, 2.45) is 11.8 Å². The number of rotatable bonds is 1. The normalized spacial score (nSPS) is 40.5. The molecule has 1 aliphatic heterocycles. The molecule has 1 aliphatic carbocycles. The molecule has 4 nitrogen and oxygen atoms in total. The van der Waals surface area contributed by atoms with Crippen molar-refractivity contribution in [3.05, 3.63) is 0 Å². The average Bonchev–Trinajstić information content (AvgIpc) is 2.63. The van der Waals surface area contributed by atoms with Crippen molar-refractivity contribution in [1.29, 1.82) is 0 Å². The molecule has 2 aliphatic rings. The van der Waals surface area contributed by atoms with Gasteiger partial charge in [0.05, 0.1) is 12.6 Å². The third-order valence-electron chi connectivity index (χ3n) is 2.74. The molecule has 0 radical (unpaired) electrons. The van der Waals surface area contributed by atoms with Gasteiger partial charge in [0.15, 0.2) is 0 Å². The topological polar surface area (TPSA) is 60.8 Å². The van der Waals surface area contributed by atoms with Crippen LogP contribution in [0.15, 0.2) is 0 Å². The number of likely N-dealkylation sites (tertiary alicyclic amines) is 1. The number of hydrogen-bond acceptors (Lipinski definition) is 2. The Morgan fingerprint density at radius 3 is 2.82 bits per heavy atom. The summed E-state index contributed by atoms with van der Waals surface area (Å²) in [5.41, 5.74) is 0. The molecular formula is C7H11NO3. The summed E-state index contributed by atoms with van der Waals surface area (Å²) in [6.45, 7) is 0.610.